The number of aliphatic hydroxyl groups excluding tert-OH is 1. The summed E-state index contributed by atoms with van der Waals surface area (Å²) in [4.78, 5) is 0. The second-order valence-electron chi connectivity index (χ2n) is 3.71. The maximum atomic E-state index is 9.82. The van der Waals surface area contributed by atoms with Gasteiger partial charge in [-0.25, -0.2) is 0 Å². The summed E-state index contributed by atoms with van der Waals surface area (Å²) in [5, 5.41) is 9.82. The molecular formula is C15H14O. The third kappa shape index (κ3) is 2.99. The van der Waals surface area contributed by atoms with Gasteiger partial charge in [-0.15, -0.1) is 0 Å². The van der Waals surface area contributed by atoms with Gasteiger partial charge in [-0.3, -0.25) is 0 Å². The van der Waals surface area contributed by atoms with Gasteiger partial charge in [-0.2, -0.15) is 0 Å². The van der Waals surface area contributed by atoms with E-state index in [1.807, 2.05) is 60.7 Å². The quantitative estimate of drug-likeness (QED) is 0.763. The van der Waals surface area contributed by atoms with Crippen LogP contribution in [0.25, 0.3) is 6.08 Å². The van der Waals surface area contributed by atoms with E-state index in [2.05, 4.69) is 0 Å². The molecule has 0 heterocycles. The molecule has 0 saturated heterocycles. The van der Waals surface area contributed by atoms with Crippen LogP contribution in [0.15, 0.2) is 66.4 Å². The number of rotatable bonds is 3. The molecule has 0 bridgehead atoms. The summed E-state index contributed by atoms with van der Waals surface area (Å²) in [7, 11) is 0. The largest absolute Gasteiger partial charge is 0.512 e. The number of hydrogen-bond donors (Lipinski definition) is 1. The third-order valence-electron chi connectivity index (χ3n) is 2.36. The third-order valence-corrected chi connectivity index (χ3v) is 2.36. The van der Waals surface area contributed by atoms with E-state index < -0.39 is 0 Å². The van der Waals surface area contributed by atoms with Gasteiger partial charge in [0.05, 0.1) is 5.76 Å². The fourth-order valence-corrected chi connectivity index (χ4v) is 1.60. The van der Waals surface area contributed by atoms with Gasteiger partial charge >= 0.3 is 0 Å². The van der Waals surface area contributed by atoms with Gasteiger partial charge in [-0.05, 0) is 17.2 Å². The van der Waals surface area contributed by atoms with Crippen LogP contribution in [0.3, 0.4) is 0 Å². The second kappa shape index (κ2) is 5.17. The molecule has 0 amide bonds. The fourth-order valence-electron chi connectivity index (χ4n) is 1.60. The first-order chi connectivity index (χ1) is 7.84. The molecule has 2 aromatic carbocycles. The Morgan fingerprint density at radius 1 is 0.875 bits per heavy atom. The molecule has 1 nitrogen and oxygen atoms in total. The van der Waals surface area contributed by atoms with E-state index in [1.54, 1.807) is 6.08 Å². The predicted octanol–water partition coefficient (Wildman–Crippen LogP) is 3.83. The Morgan fingerprint density at radius 3 is 2.06 bits per heavy atom. The molecular weight excluding hydrogens is 196 g/mol. The van der Waals surface area contributed by atoms with Crippen molar-refractivity contribution in [1.82, 2.24) is 0 Å². The minimum absolute atomic E-state index is 0.386. The van der Waals surface area contributed by atoms with Crippen LogP contribution in [-0.4, -0.2) is 5.11 Å². The Morgan fingerprint density at radius 2 is 1.44 bits per heavy atom. The zero-order chi connectivity index (χ0) is 11.2. The van der Waals surface area contributed by atoms with Crippen LogP contribution in [0.5, 0.6) is 0 Å². The van der Waals surface area contributed by atoms with Gasteiger partial charge in [0, 0.05) is 6.42 Å². The molecule has 0 spiro atoms. The minimum Gasteiger partial charge on any atom is -0.512 e. The maximum Gasteiger partial charge on any atom is 0.0972 e. The van der Waals surface area contributed by atoms with Crippen LogP contribution in [-0.2, 0) is 6.42 Å². The molecule has 2 aromatic rings. The lowest BCUT2D eigenvalue weighted by Crippen LogP contribution is -1.88. The van der Waals surface area contributed by atoms with Crippen molar-refractivity contribution in [3.63, 3.8) is 0 Å². The summed E-state index contributed by atoms with van der Waals surface area (Å²) < 4.78 is 0. The van der Waals surface area contributed by atoms with Crippen molar-refractivity contribution in [2.75, 3.05) is 0 Å². The Hall–Kier alpha value is -2.02. The normalized spacial score (nSPS) is 11.4. The first-order valence-corrected chi connectivity index (χ1v) is 5.33. The molecule has 16 heavy (non-hydrogen) atoms. The van der Waals surface area contributed by atoms with E-state index in [0.717, 1.165) is 11.1 Å². The highest BCUT2D eigenvalue weighted by Crippen LogP contribution is 2.10. The molecule has 0 fully saturated rings. The molecule has 0 unspecified atom stereocenters. The average Bonchev–Trinajstić information content (AvgIpc) is 2.31. The Balaban J connectivity index is 2.09. The van der Waals surface area contributed by atoms with Crippen LogP contribution in [0.2, 0.25) is 0 Å². The molecule has 0 saturated carbocycles. The molecule has 80 valence electrons. The van der Waals surface area contributed by atoms with Crippen molar-refractivity contribution in [3.8, 4) is 0 Å². The second-order valence-corrected chi connectivity index (χ2v) is 3.71. The first kappa shape index (κ1) is 10.5. The van der Waals surface area contributed by atoms with Crippen molar-refractivity contribution in [1.29, 1.82) is 0 Å². The Kier molecular flexibility index (Phi) is 3.39. The summed E-state index contributed by atoms with van der Waals surface area (Å²) in [5.74, 6) is 0.386. The van der Waals surface area contributed by atoms with Crippen LogP contribution < -0.4 is 0 Å². The van der Waals surface area contributed by atoms with Crippen LogP contribution >= 0.6 is 0 Å². The van der Waals surface area contributed by atoms with Gasteiger partial charge in [0.1, 0.15) is 0 Å². The van der Waals surface area contributed by atoms with E-state index >= 15 is 0 Å². The SMILES string of the molecule is OC(=Cc1ccccc1)Cc1ccccc1. The fraction of sp³-hybridized carbons (Fsp3) is 0.0667. The van der Waals surface area contributed by atoms with Crippen molar-refractivity contribution in [3.05, 3.63) is 77.5 Å². The number of hydrogen-bond acceptors (Lipinski definition) is 1. The summed E-state index contributed by atoms with van der Waals surface area (Å²) in [5.41, 5.74) is 2.14. The first-order valence-electron chi connectivity index (χ1n) is 5.33. The van der Waals surface area contributed by atoms with Crippen LogP contribution in [0.1, 0.15) is 11.1 Å². The lowest BCUT2D eigenvalue weighted by atomic mass is 10.1. The molecule has 1 N–H and O–H groups in total. The molecule has 0 aliphatic rings. The van der Waals surface area contributed by atoms with Crippen molar-refractivity contribution in [2.24, 2.45) is 0 Å². The summed E-state index contributed by atoms with van der Waals surface area (Å²) in [6.07, 6.45) is 2.38. The zero-order valence-corrected chi connectivity index (χ0v) is 9.01. The molecule has 2 rings (SSSR count). The highest BCUT2D eigenvalue weighted by Gasteiger charge is 1.96. The van der Waals surface area contributed by atoms with Crippen LogP contribution in [0, 0.1) is 0 Å². The lowest BCUT2D eigenvalue weighted by molar-refractivity contribution is 0.404. The lowest BCUT2D eigenvalue weighted by Gasteiger charge is -2.00. The molecule has 0 aromatic heterocycles. The minimum atomic E-state index is 0.386. The number of allylic oxidation sites excluding steroid dienone is 1. The Bertz CT molecular complexity index is 457. The zero-order valence-electron chi connectivity index (χ0n) is 9.01. The number of benzene rings is 2. The molecule has 0 aliphatic carbocycles. The maximum absolute atomic E-state index is 9.82. The summed E-state index contributed by atoms with van der Waals surface area (Å²) in [6, 6.07) is 19.8. The standard InChI is InChI=1S/C15H14O/c16-15(11-13-7-3-1-4-8-13)12-14-9-5-2-6-10-14/h1-11,16H,12H2. The van der Waals surface area contributed by atoms with E-state index in [9.17, 15) is 5.11 Å². The van der Waals surface area contributed by atoms with E-state index in [1.165, 1.54) is 0 Å². The van der Waals surface area contributed by atoms with E-state index in [4.69, 9.17) is 0 Å². The average molecular weight is 210 g/mol. The van der Waals surface area contributed by atoms with Crippen LogP contribution in [0.4, 0.5) is 0 Å². The van der Waals surface area contributed by atoms with Gasteiger partial charge in [0.15, 0.2) is 0 Å². The number of aliphatic hydroxyl groups is 1. The highest BCUT2D eigenvalue weighted by atomic mass is 16.3. The predicted molar refractivity (Wildman–Crippen MR) is 67.2 cm³/mol. The Labute approximate surface area is 95.7 Å². The van der Waals surface area contributed by atoms with Gasteiger partial charge in [0.2, 0.25) is 0 Å². The van der Waals surface area contributed by atoms with E-state index in [0.29, 0.717) is 12.2 Å². The molecule has 1 heteroatoms. The smallest absolute Gasteiger partial charge is 0.0972 e. The molecule has 0 radical (unpaired) electrons. The van der Waals surface area contributed by atoms with Gasteiger partial charge in [-0.1, -0.05) is 60.7 Å². The van der Waals surface area contributed by atoms with Gasteiger partial charge < -0.3 is 5.11 Å². The monoisotopic (exact) mass is 210 g/mol. The molecule has 0 aliphatic heterocycles. The molecule has 0 atom stereocenters. The van der Waals surface area contributed by atoms with Crippen molar-refractivity contribution >= 4 is 6.08 Å². The van der Waals surface area contributed by atoms with Gasteiger partial charge in [0.25, 0.3) is 0 Å². The van der Waals surface area contributed by atoms with E-state index in [-0.39, 0.29) is 0 Å². The highest BCUT2D eigenvalue weighted by molar-refractivity contribution is 5.51. The van der Waals surface area contributed by atoms with Crippen molar-refractivity contribution < 1.29 is 5.11 Å². The summed E-state index contributed by atoms with van der Waals surface area (Å²) in [6.45, 7) is 0. The van der Waals surface area contributed by atoms with Crippen molar-refractivity contribution in [2.45, 2.75) is 6.42 Å². The summed E-state index contributed by atoms with van der Waals surface area (Å²) >= 11 is 0. The topological polar surface area (TPSA) is 20.2 Å².